The van der Waals surface area contributed by atoms with Crippen LogP contribution in [0, 0.1) is 0 Å². The molecule has 3 heteroatoms. The van der Waals surface area contributed by atoms with Crippen LogP contribution in [-0.2, 0) is 5.41 Å². The van der Waals surface area contributed by atoms with Crippen LogP contribution in [0.2, 0.25) is 0 Å². The van der Waals surface area contributed by atoms with Gasteiger partial charge in [0, 0.05) is 54.8 Å². The van der Waals surface area contributed by atoms with E-state index < -0.39 is 0 Å². The van der Waals surface area contributed by atoms with Gasteiger partial charge in [-0.15, -0.1) is 0 Å². The summed E-state index contributed by atoms with van der Waals surface area (Å²) in [5.41, 5.74) is 18.6. The standard InChI is InChI=1S/C57H39N3/c1-57(2)49-21-8-3-16-41(49)42-29-28-40(35-50(42)57)60-54-25-12-7-20-46(54)48-33-37(27-31-56(48)60)36-26-30-55-47(32-36)45-19-6-11-24-53(45)59(55)39-15-13-14-38(34-39)58-51-22-9-4-17-43(51)44-18-5-10-23-52(44)58/h3-35H,1-2H3. The Morgan fingerprint density at radius 3 is 1.20 bits per heavy atom. The molecule has 0 amide bonds. The number of para-hydroxylation sites is 4. The van der Waals surface area contributed by atoms with Gasteiger partial charge >= 0.3 is 0 Å². The highest BCUT2D eigenvalue weighted by molar-refractivity contribution is 6.13. The maximum absolute atomic E-state index is 2.46. The van der Waals surface area contributed by atoms with Crippen LogP contribution in [0.15, 0.2) is 200 Å². The molecule has 1 aliphatic rings. The van der Waals surface area contributed by atoms with E-state index in [2.05, 4.69) is 228 Å². The summed E-state index contributed by atoms with van der Waals surface area (Å²) < 4.78 is 7.29. The summed E-state index contributed by atoms with van der Waals surface area (Å²) >= 11 is 0. The first-order valence-corrected chi connectivity index (χ1v) is 20.9. The van der Waals surface area contributed by atoms with Crippen LogP contribution in [0.3, 0.4) is 0 Å². The molecular weight excluding hydrogens is 727 g/mol. The van der Waals surface area contributed by atoms with Gasteiger partial charge in [-0.25, -0.2) is 0 Å². The Hall–Kier alpha value is -7.62. The van der Waals surface area contributed by atoms with Crippen molar-refractivity contribution in [3.8, 4) is 39.3 Å². The predicted octanol–water partition coefficient (Wildman–Crippen LogP) is 15.0. The molecule has 0 N–H and O–H groups in total. The SMILES string of the molecule is CC1(C)c2ccccc2-c2ccc(-n3c4ccccc4c4cc(-c5ccc6c(c5)c5ccccc5n6-c5cccc(-n6c7ccccc7c7ccccc76)c5)ccc43)cc21. The second kappa shape index (κ2) is 12.2. The topological polar surface area (TPSA) is 14.8 Å². The molecule has 60 heavy (non-hydrogen) atoms. The van der Waals surface area contributed by atoms with E-state index in [9.17, 15) is 0 Å². The molecule has 13 rings (SSSR count). The molecule has 0 unspecified atom stereocenters. The normalized spacial score (nSPS) is 13.3. The maximum atomic E-state index is 2.46. The van der Waals surface area contributed by atoms with E-state index in [1.807, 2.05) is 0 Å². The second-order valence-corrected chi connectivity index (χ2v) is 17.0. The van der Waals surface area contributed by atoms with Crippen LogP contribution < -0.4 is 0 Å². The summed E-state index contributed by atoms with van der Waals surface area (Å²) in [5, 5.41) is 7.55. The van der Waals surface area contributed by atoms with Crippen molar-refractivity contribution in [1.82, 2.24) is 13.7 Å². The summed E-state index contributed by atoms with van der Waals surface area (Å²) in [5.74, 6) is 0. The molecule has 0 fully saturated rings. The van der Waals surface area contributed by atoms with Crippen molar-refractivity contribution >= 4 is 65.4 Å². The Kier molecular flexibility index (Phi) is 6.78. The largest absolute Gasteiger partial charge is 0.309 e. The lowest BCUT2D eigenvalue weighted by atomic mass is 9.82. The van der Waals surface area contributed by atoms with Gasteiger partial charge < -0.3 is 13.7 Å². The van der Waals surface area contributed by atoms with E-state index in [-0.39, 0.29) is 5.41 Å². The van der Waals surface area contributed by atoms with Gasteiger partial charge in [0.05, 0.1) is 33.1 Å². The highest BCUT2D eigenvalue weighted by Gasteiger charge is 2.35. The third-order valence-electron chi connectivity index (χ3n) is 13.4. The monoisotopic (exact) mass is 765 g/mol. The number of hydrogen-bond donors (Lipinski definition) is 0. The minimum atomic E-state index is -0.0647. The zero-order chi connectivity index (χ0) is 39.7. The van der Waals surface area contributed by atoms with Crippen LogP contribution >= 0.6 is 0 Å². The van der Waals surface area contributed by atoms with Gasteiger partial charge in [-0.1, -0.05) is 135 Å². The summed E-state index contributed by atoms with van der Waals surface area (Å²) in [7, 11) is 0. The first-order chi connectivity index (χ1) is 29.5. The van der Waals surface area contributed by atoms with E-state index in [0.29, 0.717) is 0 Å². The van der Waals surface area contributed by atoms with E-state index in [0.717, 1.165) is 11.4 Å². The number of fused-ring (bicyclic) bond motifs is 12. The van der Waals surface area contributed by atoms with E-state index in [1.165, 1.54) is 104 Å². The van der Waals surface area contributed by atoms with Crippen LogP contribution in [0.1, 0.15) is 25.0 Å². The summed E-state index contributed by atoms with van der Waals surface area (Å²) in [4.78, 5) is 0. The summed E-state index contributed by atoms with van der Waals surface area (Å²) in [6.45, 7) is 4.72. The second-order valence-electron chi connectivity index (χ2n) is 17.0. The fourth-order valence-electron chi connectivity index (χ4n) is 10.7. The van der Waals surface area contributed by atoms with Crippen LogP contribution in [0.5, 0.6) is 0 Å². The summed E-state index contributed by atoms with van der Waals surface area (Å²) in [6.07, 6.45) is 0. The van der Waals surface area contributed by atoms with Crippen molar-refractivity contribution in [2.24, 2.45) is 0 Å². The third kappa shape index (κ3) is 4.55. The van der Waals surface area contributed by atoms with Gasteiger partial charge in [0.2, 0.25) is 0 Å². The lowest BCUT2D eigenvalue weighted by Gasteiger charge is -2.22. The maximum Gasteiger partial charge on any atom is 0.0541 e. The Morgan fingerprint density at radius 2 is 0.683 bits per heavy atom. The van der Waals surface area contributed by atoms with E-state index in [1.54, 1.807) is 0 Å². The Labute approximate surface area is 347 Å². The molecule has 1 aliphatic carbocycles. The Morgan fingerprint density at radius 1 is 0.283 bits per heavy atom. The Balaban J connectivity index is 0.950. The molecule has 0 spiro atoms. The molecule has 3 nitrogen and oxygen atoms in total. The first-order valence-electron chi connectivity index (χ1n) is 20.9. The molecule has 0 atom stereocenters. The van der Waals surface area contributed by atoms with Crippen LogP contribution in [-0.4, -0.2) is 13.7 Å². The van der Waals surface area contributed by atoms with Gasteiger partial charge in [-0.3, -0.25) is 0 Å². The number of rotatable bonds is 4. The number of aromatic nitrogens is 3. The zero-order valence-corrected chi connectivity index (χ0v) is 33.4. The highest BCUT2D eigenvalue weighted by atomic mass is 15.0. The van der Waals surface area contributed by atoms with Crippen LogP contribution in [0.4, 0.5) is 0 Å². The molecule has 0 saturated heterocycles. The third-order valence-corrected chi connectivity index (χ3v) is 13.4. The van der Waals surface area contributed by atoms with Gasteiger partial charge in [-0.05, 0) is 112 Å². The first kappa shape index (κ1) is 33.4. The molecule has 282 valence electrons. The molecule has 0 bridgehead atoms. The predicted molar refractivity (Wildman–Crippen MR) is 252 cm³/mol. The molecule has 0 saturated carbocycles. The summed E-state index contributed by atoms with van der Waals surface area (Å²) in [6, 6.07) is 74.1. The molecular formula is C57H39N3. The average molecular weight is 766 g/mol. The van der Waals surface area contributed by atoms with Crippen molar-refractivity contribution in [3.63, 3.8) is 0 Å². The highest BCUT2D eigenvalue weighted by Crippen LogP contribution is 2.49. The van der Waals surface area contributed by atoms with Gasteiger partial charge in [-0.2, -0.15) is 0 Å². The molecule has 0 radical (unpaired) electrons. The molecule has 3 aromatic heterocycles. The molecule has 12 aromatic rings. The number of benzene rings is 9. The average Bonchev–Trinajstić information content (AvgIpc) is 3.99. The molecule has 3 heterocycles. The Bertz CT molecular complexity index is 3700. The van der Waals surface area contributed by atoms with Gasteiger partial charge in [0.15, 0.2) is 0 Å². The quantitative estimate of drug-likeness (QED) is 0.169. The fourth-order valence-corrected chi connectivity index (χ4v) is 10.7. The zero-order valence-electron chi connectivity index (χ0n) is 33.4. The minimum absolute atomic E-state index is 0.0647. The number of hydrogen-bond acceptors (Lipinski definition) is 0. The van der Waals surface area contributed by atoms with Crippen molar-refractivity contribution in [2.45, 2.75) is 19.3 Å². The minimum Gasteiger partial charge on any atom is -0.309 e. The van der Waals surface area contributed by atoms with Crippen molar-refractivity contribution < 1.29 is 0 Å². The van der Waals surface area contributed by atoms with E-state index >= 15 is 0 Å². The van der Waals surface area contributed by atoms with Crippen LogP contribution in [0.25, 0.3) is 105 Å². The number of nitrogens with zero attached hydrogens (tertiary/aromatic N) is 3. The lowest BCUT2D eigenvalue weighted by Crippen LogP contribution is -2.15. The van der Waals surface area contributed by atoms with E-state index in [4.69, 9.17) is 0 Å². The van der Waals surface area contributed by atoms with Gasteiger partial charge in [0.25, 0.3) is 0 Å². The molecule has 9 aromatic carbocycles. The fraction of sp³-hybridized carbons (Fsp3) is 0.0526. The van der Waals surface area contributed by atoms with Crippen molar-refractivity contribution in [3.05, 3.63) is 211 Å². The van der Waals surface area contributed by atoms with Crippen molar-refractivity contribution in [2.75, 3.05) is 0 Å². The van der Waals surface area contributed by atoms with Gasteiger partial charge in [0.1, 0.15) is 0 Å². The molecule has 0 aliphatic heterocycles. The van der Waals surface area contributed by atoms with Crippen molar-refractivity contribution in [1.29, 1.82) is 0 Å². The smallest absolute Gasteiger partial charge is 0.0541 e. The lowest BCUT2D eigenvalue weighted by molar-refractivity contribution is 0.660.